The van der Waals surface area contributed by atoms with Crippen molar-refractivity contribution in [3.63, 3.8) is 0 Å². The summed E-state index contributed by atoms with van der Waals surface area (Å²) in [6, 6.07) is 7.98. The van der Waals surface area contributed by atoms with Gasteiger partial charge < -0.3 is 15.4 Å². The van der Waals surface area contributed by atoms with E-state index in [2.05, 4.69) is 44.5 Å². The molecule has 0 saturated heterocycles. The van der Waals surface area contributed by atoms with Crippen LogP contribution < -0.4 is 10.6 Å². The fourth-order valence-corrected chi connectivity index (χ4v) is 2.70. The Labute approximate surface area is 166 Å². The molecule has 2 aromatic rings. The summed E-state index contributed by atoms with van der Waals surface area (Å²) in [6.07, 6.45) is 10.5. The van der Waals surface area contributed by atoms with E-state index < -0.39 is 0 Å². The molecule has 0 radical (unpaired) electrons. The molecule has 7 heteroatoms. The van der Waals surface area contributed by atoms with Gasteiger partial charge in [0.25, 0.3) is 0 Å². The van der Waals surface area contributed by atoms with E-state index in [-0.39, 0.29) is 0 Å². The number of carbonyl (C=O) groups is 1. The Bertz CT molecular complexity index is 739. The van der Waals surface area contributed by atoms with Crippen molar-refractivity contribution >= 4 is 34.7 Å². The maximum Gasteiger partial charge on any atom is 0.227 e. The molecule has 6 nitrogen and oxygen atoms in total. The summed E-state index contributed by atoms with van der Waals surface area (Å²) >= 11 is 1.36. The molecule has 1 heterocycles. The lowest BCUT2D eigenvalue weighted by atomic mass is 10.1. The molecule has 1 aromatic carbocycles. The Hall–Kier alpha value is -2.69. The number of carbonyl (C=O) groups excluding carboxylic acids is 1. The third-order valence-corrected chi connectivity index (χ3v) is 3.81. The SMILES string of the molecule is C#C.CN=C(SCC=O)c1ccnc(Nc2cc(C)cc(C)c2)n1.CNC. The molecule has 0 amide bonds. The molecule has 2 rings (SSSR count). The Morgan fingerprint density at radius 1 is 1.22 bits per heavy atom. The third-order valence-electron chi connectivity index (χ3n) is 2.84. The van der Waals surface area contributed by atoms with Gasteiger partial charge in [0.05, 0.1) is 5.75 Å². The second kappa shape index (κ2) is 14.5. The Balaban J connectivity index is 0.00000123. The number of hydrogen-bond donors (Lipinski definition) is 2. The van der Waals surface area contributed by atoms with E-state index in [4.69, 9.17) is 0 Å². The van der Waals surface area contributed by atoms with Gasteiger partial charge in [-0.1, -0.05) is 17.8 Å². The first-order chi connectivity index (χ1) is 13.0. The van der Waals surface area contributed by atoms with Gasteiger partial charge in [0.2, 0.25) is 5.95 Å². The Morgan fingerprint density at radius 3 is 2.33 bits per heavy atom. The maximum absolute atomic E-state index is 10.5. The highest BCUT2D eigenvalue weighted by molar-refractivity contribution is 8.14. The van der Waals surface area contributed by atoms with Crippen molar-refractivity contribution in [1.82, 2.24) is 15.3 Å². The van der Waals surface area contributed by atoms with E-state index in [1.165, 1.54) is 22.9 Å². The predicted octanol–water partition coefficient (Wildman–Crippen LogP) is 3.23. The number of aromatic nitrogens is 2. The molecular formula is C20H27N5OS. The average Bonchev–Trinajstić information content (AvgIpc) is 2.64. The number of anilines is 2. The number of nitrogens with one attached hydrogen (secondary N) is 2. The summed E-state index contributed by atoms with van der Waals surface area (Å²) in [5.41, 5.74) is 4.01. The van der Waals surface area contributed by atoms with Gasteiger partial charge in [-0.25, -0.2) is 9.97 Å². The molecule has 0 fully saturated rings. The van der Waals surface area contributed by atoms with Crippen LogP contribution in [0.3, 0.4) is 0 Å². The molecule has 0 aliphatic rings. The molecule has 0 bridgehead atoms. The van der Waals surface area contributed by atoms with Crippen LogP contribution in [-0.4, -0.2) is 48.2 Å². The third kappa shape index (κ3) is 9.54. The zero-order valence-electron chi connectivity index (χ0n) is 16.5. The summed E-state index contributed by atoms with van der Waals surface area (Å²) in [4.78, 5) is 23.4. The van der Waals surface area contributed by atoms with Gasteiger partial charge in [-0.15, -0.1) is 12.8 Å². The molecular weight excluding hydrogens is 358 g/mol. The van der Waals surface area contributed by atoms with E-state index >= 15 is 0 Å². The van der Waals surface area contributed by atoms with Crippen LogP contribution in [0.4, 0.5) is 11.6 Å². The van der Waals surface area contributed by atoms with Crippen LogP contribution >= 0.6 is 11.8 Å². The van der Waals surface area contributed by atoms with Crippen LogP contribution in [0.1, 0.15) is 16.8 Å². The topological polar surface area (TPSA) is 79.3 Å². The molecule has 27 heavy (non-hydrogen) atoms. The van der Waals surface area contributed by atoms with Gasteiger partial charge in [0.1, 0.15) is 17.0 Å². The van der Waals surface area contributed by atoms with Gasteiger partial charge in [0, 0.05) is 18.9 Å². The molecule has 0 aliphatic heterocycles. The zero-order valence-corrected chi connectivity index (χ0v) is 17.3. The van der Waals surface area contributed by atoms with E-state index in [9.17, 15) is 4.79 Å². The monoisotopic (exact) mass is 385 g/mol. The second-order valence-electron chi connectivity index (χ2n) is 5.27. The van der Waals surface area contributed by atoms with Crippen LogP contribution in [0.2, 0.25) is 0 Å². The predicted molar refractivity (Wildman–Crippen MR) is 117 cm³/mol. The molecule has 144 valence electrons. The quantitative estimate of drug-likeness (QED) is 0.356. The maximum atomic E-state index is 10.5. The number of rotatable bonds is 5. The highest BCUT2D eigenvalue weighted by Gasteiger charge is 2.07. The van der Waals surface area contributed by atoms with Crippen molar-refractivity contribution < 1.29 is 4.79 Å². The van der Waals surface area contributed by atoms with Crippen molar-refractivity contribution in [2.75, 3.05) is 32.2 Å². The first-order valence-electron chi connectivity index (χ1n) is 8.17. The number of terminal acetylenes is 1. The van der Waals surface area contributed by atoms with Crippen molar-refractivity contribution in [1.29, 1.82) is 0 Å². The lowest BCUT2D eigenvalue weighted by Crippen LogP contribution is -2.05. The molecule has 0 spiro atoms. The minimum atomic E-state index is 0.358. The van der Waals surface area contributed by atoms with E-state index in [1.54, 1.807) is 19.3 Å². The fraction of sp³-hybridized carbons (Fsp3) is 0.300. The second-order valence-corrected chi connectivity index (χ2v) is 6.28. The van der Waals surface area contributed by atoms with Crippen molar-refractivity contribution in [2.45, 2.75) is 13.8 Å². The van der Waals surface area contributed by atoms with Crippen LogP contribution in [0, 0.1) is 26.7 Å². The van der Waals surface area contributed by atoms with Crippen molar-refractivity contribution in [3.8, 4) is 12.8 Å². The summed E-state index contributed by atoms with van der Waals surface area (Å²) in [6.45, 7) is 4.10. The number of hydrogen-bond acceptors (Lipinski definition) is 7. The number of nitrogens with zero attached hydrogens (tertiary/aromatic N) is 3. The van der Waals surface area contributed by atoms with Crippen LogP contribution in [0.15, 0.2) is 35.5 Å². The van der Waals surface area contributed by atoms with Crippen LogP contribution in [-0.2, 0) is 4.79 Å². The van der Waals surface area contributed by atoms with Gasteiger partial charge in [-0.3, -0.25) is 4.99 Å². The lowest BCUT2D eigenvalue weighted by Gasteiger charge is -2.09. The summed E-state index contributed by atoms with van der Waals surface area (Å²) in [5.74, 6) is 0.867. The fourth-order valence-electron chi connectivity index (χ4n) is 2.08. The number of aryl methyl sites for hydroxylation is 2. The number of thioether (sulfide) groups is 1. The van der Waals surface area contributed by atoms with E-state index in [0.29, 0.717) is 17.4 Å². The largest absolute Gasteiger partial charge is 0.324 e. The summed E-state index contributed by atoms with van der Waals surface area (Å²) < 4.78 is 0. The minimum absolute atomic E-state index is 0.358. The van der Waals surface area contributed by atoms with Gasteiger partial charge >= 0.3 is 0 Å². The molecule has 0 saturated carbocycles. The standard InChI is InChI=1S/C16H18N4OS.C2H7N.C2H2/c1-11-8-12(2)10-13(9-11)19-16-18-5-4-14(20-16)15(17-3)22-7-6-21;1-3-2;1-2/h4-6,8-10H,7H2,1-3H3,(H,18,19,20);3H,1-2H3;1-2H. The first-order valence-corrected chi connectivity index (χ1v) is 9.16. The number of benzene rings is 1. The summed E-state index contributed by atoms with van der Waals surface area (Å²) in [7, 11) is 5.44. The smallest absolute Gasteiger partial charge is 0.227 e. The molecule has 0 unspecified atom stereocenters. The summed E-state index contributed by atoms with van der Waals surface area (Å²) in [5, 5.41) is 6.68. The minimum Gasteiger partial charge on any atom is -0.324 e. The van der Waals surface area contributed by atoms with Gasteiger partial charge in [-0.2, -0.15) is 0 Å². The first kappa shape index (κ1) is 24.3. The Morgan fingerprint density at radius 2 is 1.81 bits per heavy atom. The highest BCUT2D eigenvalue weighted by atomic mass is 32.2. The van der Waals surface area contributed by atoms with Gasteiger partial charge in [0.15, 0.2) is 0 Å². The molecule has 1 aromatic heterocycles. The highest BCUT2D eigenvalue weighted by Crippen LogP contribution is 2.18. The normalized spacial score (nSPS) is 9.96. The van der Waals surface area contributed by atoms with E-state index in [0.717, 1.165) is 17.0 Å². The lowest BCUT2D eigenvalue weighted by molar-refractivity contribution is -0.105. The van der Waals surface area contributed by atoms with Gasteiger partial charge in [-0.05, 0) is 57.3 Å². The number of aldehydes is 1. The Kier molecular flexibility index (Phi) is 13.0. The van der Waals surface area contributed by atoms with Crippen LogP contribution in [0.5, 0.6) is 0 Å². The van der Waals surface area contributed by atoms with Crippen molar-refractivity contribution in [3.05, 3.63) is 47.3 Å². The van der Waals surface area contributed by atoms with Crippen LogP contribution in [0.25, 0.3) is 0 Å². The number of aliphatic imine (C=N–C) groups is 1. The zero-order chi connectivity index (χ0) is 20.7. The van der Waals surface area contributed by atoms with Crippen molar-refractivity contribution in [2.24, 2.45) is 4.99 Å². The molecule has 2 N–H and O–H groups in total. The molecule has 0 aliphatic carbocycles. The molecule has 0 atom stereocenters. The van der Waals surface area contributed by atoms with E-state index in [1.807, 2.05) is 40.1 Å². The average molecular weight is 386 g/mol.